The molecule has 1 aliphatic rings. The number of anilines is 1. The van der Waals surface area contributed by atoms with Gasteiger partial charge in [0.1, 0.15) is 0 Å². The summed E-state index contributed by atoms with van der Waals surface area (Å²) >= 11 is 0. The molecule has 1 saturated heterocycles. The number of hydrogen-bond donors (Lipinski definition) is 0. The smallest absolute Gasteiger partial charge is 0.323 e. The van der Waals surface area contributed by atoms with Crippen LogP contribution < -0.4 is 9.64 Å². The fourth-order valence-electron chi connectivity index (χ4n) is 3.27. The van der Waals surface area contributed by atoms with Gasteiger partial charge in [-0.05, 0) is 43.4 Å². The van der Waals surface area contributed by atoms with Crippen LogP contribution >= 0.6 is 0 Å². The maximum atomic E-state index is 13.8. The lowest BCUT2D eigenvalue weighted by molar-refractivity contribution is 0.0686. The third kappa shape index (κ3) is 4.56. The Morgan fingerprint density at radius 2 is 2.11 bits per heavy atom. The predicted octanol–water partition coefficient (Wildman–Crippen LogP) is 2.77. The molecular formula is C19H25FN4O3. The Hall–Kier alpha value is -2.64. The molecule has 0 atom stereocenters. The summed E-state index contributed by atoms with van der Waals surface area (Å²) in [4.78, 5) is 20.5. The highest BCUT2D eigenvalue weighted by Gasteiger charge is 2.24. The largest absolute Gasteiger partial charge is 0.494 e. The quantitative estimate of drug-likeness (QED) is 0.772. The van der Waals surface area contributed by atoms with Crippen molar-refractivity contribution in [3.05, 3.63) is 35.4 Å². The molecule has 2 heterocycles. The van der Waals surface area contributed by atoms with Crippen LogP contribution in [0.3, 0.4) is 0 Å². The number of nitrogens with zero attached hydrogens (tertiary/aromatic N) is 4. The van der Waals surface area contributed by atoms with E-state index >= 15 is 0 Å². The lowest BCUT2D eigenvalue weighted by Gasteiger charge is -2.32. The van der Waals surface area contributed by atoms with Gasteiger partial charge in [-0.25, -0.2) is 4.39 Å². The molecule has 27 heavy (non-hydrogen) atoms. The topological polar surface area (TPSA) is 71.7 Å². The molecule has 0 N–H and O–H groups in total. The molecule has 0 unspecified atom stereocenters. The van der Waals surface area contributed by atoms with Crippen molar-refractivity contribution in [2.45, 2.75) is 25.7 Å². The second-order valence-corrected chi connectivity index (χ2v) is 7.01. The van der Waals surface area contributed by atoms with Crippen LogP contribution in [-0.2, 0) is 6.42 Å². The Labute approximate surface area is 158 Å². The van der Waals surface area contributed by atoms with Gasteiger partial charge in [0, 0.05) is 39.2 Å². The molecule has 0 aliphatic carbocycles. The Morgan fingerprint density at radius 1 is 1.37 bits per heavy atom. The fraction of sp³-hybridized carbons (Fsp3) is 0.526. The average Bonchev–Trinajstić information content (AvgIpc) is 3.15. The molecule has 2 aromatic rings. The number of carbonyl (C=O) groups excluding carboxylic acids is 1. The first-order chi connectivity index (χ1) is 13.0. The van der Waals surface area contributed by atoms with E-state index in [1.54, 1.807) is 15.9 Å². The number of aryl methyl sites for hydroxylation is 1. The molecule has 1 aromatic carbocycles. The normalized spacial score (nSPS) is 15.0. The van der Waals surface area contributed by atoms with E-state index in [4.69, 9.17) is 9.26 Å². The standard InChI is InChI=1S/C19H25FN4O3/c1-23(2)19-21-17(22-27-19)7-4-13-8-10-24(11-9-13)18(25)14-5-6-16(26-3)15(20)12-14/h5-6,12-13H,4,7-11H2,1-3H3. The van der Waals surface area contributed by atoms with Gasteiger partial charge in [-0.2, -0.15) is 4.98 Å². The Kier molecular flexibility index (Phi) is 5.93. The number of likely N-dealkylation sites (tertiary alicyclic amines) is 1. The van der Waals surface area contributed by atoms with Crippen LogP contribution in [0.15, 0.2) is 22.7 Å². The minimum absolute atomic E-state index is 0.135. The Bertz CT molecular complexity index is 785. The summed E-state index contributed by atoms with van der Waals surface area (Å²) in [6, 6.07) is 4.85. The number of aromatic nitrogens is 2. The molecule has 0 bridgehead atoms. The number of hydrogen-bond acceptors (Lipinski definition) is 6. The molecule has 1 aromatic heterocycles. The van der Waals surface area contributed by atoms with Crippen molar-refractivity contribution in [2.75, 3.05) is 39.2 Å². The molecule has 8 heteroatoms. The van der Waals surface area contributed by atoms with Gasteiger partial charge >= 0.3 is 6.01 Å². The summed E-state index contributed by atoms with van der Waals surface area (Å²) in [7, 11) is 5.12. The summed E-state index contributed by atoms with van der Waals surface area (Å²) in [6.07, 6.45) is 3.57. The van der Waals surface area contributed by atoms with Crippen molar-refractivity contribution < 1.29 is 18.4 Å². The van der Waals surface area contributed by atoms with Gasteiger partial charge < -0.3 is 19.1 Å². The van der Waals surface area contributed by atoms with Crippen LogP contribution in [0.4, 0.5) is 10.4 Å². The molecule has 0 saturated carbocycles. The van der Waals surface area contributed by atoms with E-state index in [9.17, 15) is 9.18 Å². The first kappa shape index (κ1) is 19.1. The monoisotopic (exact) mass is 376 g/mol. The number of halogens is 1. The van der Waals surface area contributed by atoms with Crippen LogP contribution in [0.2, 0.25) is 0 Å². The molecule has 1 fully saturated rings. The van der Waals surface area contributed by atoms with E-state index < -0.39 is 5.82 Å². The van der Waals surface area contributed by atoms with E-state index in [1.807, 2.05) is 14.1 Å². The SMILES string of the molecule is COc1ccc(C(=O)N2CCC(CCc3noc(N(C)C)n3)CC2)cc1F. The van der Waals surface area contributed by atoms with Gasteiger partial charge in [-0.1, -0.05) is 5.16 Å². The second kappa shape index (κ2) is 8.37. The summed E-state index contributed by atoms with van der Waals surface area (Å²) in [5, 5.41) is 3.99. The lowest BCUT2D eigenvalue weighted by Crippen LogP contribution is -2.38. The second-order valence-electron chi connectivity index (χ2n) is 7.01. The third-order valence-corrected chi connectivity index (χ3v) is 4.92. The first-order valence-corrected chi connectivity index (χ1v) is 9.10. The van der Waals surface area contributed by atoms with Gasteiger partial charge in [0.2, 0.25) is 0 Å². The molecule has 0 radical (unpaired) electrons. The van der Waals surface area contributed by atoms with Crippen LogP contribution in [-0.4, -0.2) is 55.2 Å². The Balaban J connectivity index is 1.49. The van der Waals surface area contributed by atoms with Crippen LogP contribution in [0.1, 0.15) is 35.4 Å². The molecule has 3 rings (SSSR count). The number of benzene rings is 1. The van der Waals surface area contributed by atoms with E-state index in [0.29, 0.717) is 36.4 Å². The number of amides is 1. The van der Waals surface area contributed by atoms with Crippen LogP contribution in [0, 0.1) is 11.7 Å². The maximum Gasteiger partial charge on any atom is 0.323 e. The number of carbonyl (C=O) groups is 1. The van der Waals surface area contributed by atoms with Crippen molar-refractivity contribution in [1.29, 1.82) is 0 Å². The zero-order chi connectivity index (χ0) is 19.4. The van der Waals surface area contributed by atoms with Crippen LogP contribution in [0.5, 0.6) is 5.75 Å². The Morgan fingerprint density at radius 3 is 2.70 bits per heavy atom. The van der Waals surface area contributed by atoms with Crippen molar-refractivity contribution in [3.63, 3.8) is 0 Å². The van der Waals surface area contributed by atoms with E-state index in [0.717, 1.165) is 25.7 Å². The van der Waals surface area contributed by atoms with Crippen molar-refractivity contribution in [1.82, 2.24) is 15.0 Å². The number of methoxy groups -OCH3 is 1. The van der Waals surface area contributed by atoms with E-state index in [1.165, 1.54) is 19.2 Å². The summed E-state index contributed by atoms with van der Waals surface area (Å²) in [5.41, 5.74) is 0.356. The zero-order valence-electron chi connectivity index (χ0n) is 15.9. The number of piperidine rings is 1. The minimum atomic E-state index is -0.518. The predicted molar refractivity (Wildman–Crippen MR) is 98.5 cm³/mol. The van der Waals surface area contributed by atoms with Gasteiger partial charge in [-0.3, -0.25) is 4.79 Å². The van der Waals surface area contributed by atoms with Gasteiger partial charge in [0.25, 0.3) is 5.91 Å². The highest BCUT2D eigenvalue weighted by atomic mass is 19.1. The van der Waals surface area contributed by atoms with Crippen molar-refractivity contribution in [3.8, 4) is 5.75 Å². The molecular weight excluding hydrogens is 351 g/mol. The van der Waals surface area contributed by atoms with E-state index in [2.05, 4.69) is 10.1 Å². The van der Waals surface area contributed by atoms with Gasteiger partial charge in [0.05, 0.1) is 7.11 Å². The van der Waals surface area contributed by atoms with Gasteiger partial charge in [0.15, 0.2) is 17.4 Å². The highest BCUT2D eigenvalue weighted by Crippen LogP contribution is 2.25. The number of ether oxygens (including phenoxy) is 1. The zero-order valence-corrected chi connectivity index (χ0v) is 15.9. The van der Waals surface area contributed by atoms with E-state index in [-0.39, 0.29) is 11.7 Å². The van der Waals surface area contributed by atoms with Gasteiger partial charge in [-0.15, -0.1) is 0 Å². The number of rotatable bonds is 6. The maximum absolute atomic E-state index is 13.8. The fourth-order valence-corrected chi connectivity index (χ4v) is 3.27. The summed E-state index contributed by atoms with van der Waals surface area (Å²) < 4.78 is 23.9. The summed E-state index contributed by atoms with van der Waals surface area (Å²) in [6.45, 7) is 1.35. The molecule has 7 nitrogen and oxygen atoms in total. The molecule has 1 aliphatic heterocycles. The molecule has 146 valence electrons. The molecule has 0 spiro atoms. The van der Waals surface area contributed by atoms with Crippen molar-refractivity contribution in [2.24, 2.45) is 5.92 Å². The lowest BCUT2D eigenvalue weighted by atomic mass is 9.91. The highest BCUT2D eigenvalue weighted by molar-refractivity contribution is 5.94. The first-order valence-electron chi connectivity index (χ1n) is 9.10. The average molecular weight is 376 g/mol. The van der Waals surface area contributed by atoms with Crippen molar-refractivity contribution >= 4 is 11.9 Å². The molecule has 1 amide bonds. The van der Waals surface area contributed by atoms with Crippen LogP contribution in [0.25, 0.3) is 0 Å². The summed E-state index contributed by atoms with van der Waals surface area (Å²) in [5.74, 6) is 0.720. The minimum Gasteiger partial charge on any atom is -0.494 e. The third-order valence-electron chi connectivity index (χ3n) is 4.92.